The quantitative estimate of drug-likeness (QED) is 0.142. The van der Waals surface area contributed by atoms with Crippen LogP contribution in [0.1, 0.15) is 88.9 Å². The van der Waals surface area contributed by atoms with E-state index in [0.717, 1.165) is 36.8 Å². The van der Waals surface area contributed by atoms with Crippen LogP contribution in [0.5, 0.6) is 0 Å². The molecule has 43 heavy (non-hydrogen) atoms. The molecule has 2 rings (SSSR count). The molecule has 0 amide bonds. The predicted molar refractivity (Wildman–Crippen MR) is 192 cm³/mol. The Kier molecular flexibility index (Phi) is 15.1. The molecule has 0 N–H and O–H groups in total. The molecule has 0 saturated carbocycles. The van der Waals surface area contributed by atoms with Gasteiger partial charge in [-0.3, -0.25) is 0 Å². The normalized spacial score (nSPS) is 14.8. The molecule has 0 aliphatic carbocycles. The maximum absolute atomic E-state index is 13.1. The van der Waals surface area contributed by atoms with Crippen LogP contribution in [0.3, 0.4) is 0 Å². The Morgan fingerprint density at radius 1 is 0.651 bits per heavy atom. The van der Waals surface area contributed by atoms with E-state index in [9.17, 15) is 16.8 Å². The Hall–Kier alpha value is -0.110. The number of hydrogen-bond acceptors (Lipinski definition) is 7. The van der Waals surface area contributed by atoms with Gasteiger partial charge in [0.25, 0.3) is 0 Å². The van der Waals surface area contributed by atoms with Crippen molar-refractivity contribution in [3.8, 4) is 0 Å². The average molecular weight is 730 g/mol. The van der Waals surface area contributed by atoms with Crippen molar-refractivity contribution in [2.24, 2.45) is 0 Å². The van der Waals surface area contributed by atoms with E-state index in [-0.39, 0.29) is 10.5 Å². The molecule has 0 aliphatic heterocycles. The van der Waals surface area contributed by atoms with Gasteiger partial charge in [0.2, 0.25) is 20.0 Å². The molecule has 2 unspecified atom stereocenters. The lowest BCUT2D eigenvalue weighted by Crippen LogP contribution is -2.50. The second kappa shape index (κ2) is 16.6. The lowest BCUT2D eigenvalue weighted by Gasteiger charge is -2.43. The summed E-state index contributed by atoms with van der Waals surface area (Å²) in [4.78, 5) is 0. The molecule has 244 valence electrons. The van der Waals surface area contributed by atoms with Gasteiger partial charge < -0.3 is 0 Å². The molecule has 2 atom stereocenters. The zero-order valence-electron chi connectivity index (χ0n) is 26.3. The van der Waals surface area contributed by atoms with Gasteiger partial charge in [-0.25, -0.2) is 16.8 Å². The maximum atomic E-state index is 13.1. The molecule has 0 aromatic heterocycles. The highest BCUT2D eigenvalue weighted by atomic mass is 35.5. The van der Waals surface area contributed by atoms with Crippen molar-refractivity contribution in [2.45, 2.75) is 88.8 Å². The lowest BCUT2D eigenvalue weighted by molar-refractivity contribution is 0.221. The molecule has 0 bridgehead atoms. The molecule has 0 spiro atoms. The van der Waals surface area contributed by atoms with Gasteiger partial charge in [0.05, 0.1) is 23.0 Å². The van der Waals surface area contributed by atoms with Gasteiger partial charge in [0.1, 0.15) is 0 Å². The topological polar surface area (TPSA) is 74.8 Å². The molecular weight excluding hydrogens is 684 g/mol. The number of benzene rings is 2. The molecule has 6 nitrogen and oxygen atoms in total. The maximum Gasteiger partial charge on any atom is 0.211 e. The SMILES string of the molecule is CCCCN(C(C)(C)C(SSSC(c1ccc(Cl)cc1)C(C)(C)N(CCCC)S(C)(=O)=O)c1ccc(Cl)cc1)S(C)(=O)=O. The third-order valence-electron chi connectivity index (χ3n) is 7.42. The molecule has 2 aromatic rings. The minimum atomic E-state index is -3.51. The summed E-state index contributed by atoms with van der Waals surface area (Å²) < 4.78 is 55.5. The summed E-state index contributed by atoms with van der Waals surface area (Å²) in [5.74, 6) is 0. The summed E-state index contributed by atoms with van der Waals surface area (Å²) in [6, 6.07) is 15.1. The smallest absolute Gasteiger partial charge is 0.211 e. The molecule has 0 fully saturated rings. The molecule has 0 radical (unpaired) electrons. The van der Waals surface area contributed by atoms with Crippen molar-refractivity contribution in [3.05, 3.63) is 69.7 Å². The van der Waals surface area contributed by atoms with Crippen molar-refractivity contribution < 1.29 is 16.8 Å². The number of halogens is 2. The van der Waals surface area contributed by atoms with E-state index in [1.165, 1.54) is 12.5 Å². The molecule has 2 aromatic carbocycles. The summed E-state index contributed by atoms with van der Waals surface area (Å²) in [5.41, 5.74) is 0.362. The number of rotatable bonds is 18. The summed E-state index contributed by atoms with van der Waals surface area (Å²) >= 11 is 12.5. The van der Waals surface area contributed by atoms with E-state index < -0.39 is 31.1 Å². The van der Waals surface area contributed by atoms with Gasteiger partial charge >= 0.3 is 0 Å². The molecular formula is C30H46Cl2N2O4S5. The Morgan fingerprint density at radius 2 is 0.953 bits per heavy atom. The van der Waals surface area contributed by atoms with Crippen molar-refractivity contribution in [1.29, 1.82) is 0 Å². The number of hydrogen-bond donors (Lipinski definition) is 0. The average Bonchev–Trinajstić information content (AvgIpc) is 2.88. The van der Waals surface area contributed by atoms with Crippen LogP contribution in [0.25, 0.3) is 0 Å². The van der Waals surface area contributed by atoms with Crippen LogP contribution in [-0.2, 0) is 20.0 Å². The Balaban J connectivity index is 2.54. The summed E-state index contributed by atoms with van der Waals surface area (Å²) in [6.07, 6.45) is 5.79. The van der Waals surface area contributed by atoms with Gasteiger partial charge in [-0.15, -0.1) is 0 Å². The van der Waals surface area contributed by atoms with Crippen LogP contribution in [-0.4, -0.2) is 62.1 Å². The second-order valence-electron chi connectivity index (χ2n) is 11.8. The van der Waals surface area contributed by atoms with E-state index in [1.54, 1.807) is 40.0 Å². The first kappa shape index (κ1) is 39.1. The van der Waals surface area contributed by atoms with Crippen LogP contribution in [0, 0.1) is 0 Å². The van der Waals surface area contributed by atoms with E-state index in [4.69, 9.17) is 23.2 Å². The summed E-state index contributed by atoms with van der Waals surface area (Å²) in [7, 11) is -2.31. The highest BCUT2D eigenvalue weighted by Crippen LogP contribution is 2.58. The number of unbranched alkanes of at least 4 members (excludes halogenated alkanes) is 2. The fourth-order valence-electron chi connectivity index (χ4n) is 5.17. The summed E-state index contributed by atoms with van der Waals surface area (Å²) in [5, 5.41) is 0.703. The van der Waals surface area contributed by atoms with E-state index in [1.807, 2.05) is 90.1 Å². The second-order valence-corrected chi connectivity index (χ2v) is 20.7. The molecule has 0 heterocycles. The van der Waals surface area contributed by atoms with Gasteiger partial charge in [0, 0.05) is 34.2 Å². The highest BCUT2D eigenvalue weighted by molar-refractivity contribution is 9.09. The van der Waals surface area contributed by atoms with Crippen molar-refractivity contribution in [1.82, 2.24) is 8.61 Å². The van der Waals surface area contributed by atoms with Crippen molar-refractivity contribution >= 4 is 74.7 Å². The minimum Gasteiger partial charge on any atom is -0.212 e. The molecule has 0 aliphatic rings. The van der Waals surface area contributed by atoms with Crippen LogP contribution >= 0.6 is 54.6 Å². The minimum absolute atomic E-state index is 0.256. The Labute approximate surface area is 282 Å². The lowest BCUT2D eigenvalue weighted by atomic mass is 9.93. The Bertz CT molecular complexity index is 1260. The fourth-order valence-corrected chi connectivity index (χ4v) is 14.4. The first-order chi connectivity index (χ1) is 19.9. The number of sulfonamides is 2. The third-order valence-corrected chi connectivity index (χ3v) is 16.1. The Morgan fingerprint density at radius 3 is 1.21 bits per heavy atom. The predicted octanol–water partition coefficient (Wildman–Crippen LogP) is 9.49. The number of nitrogens with zero attached hydrogens (tertiary/aromatic N) is 2. The molecule has 13 heteroatoms. The van der Waals surface area contributed by atoms with Crippen LogP contribution in [0.15, 0.2) is 48.5 Å². The van der Waals surface area contributed by atoms with Gasteiger partial charge in [-0.05, 0) is 85.8 Å². The van der Waals surface area contributed by atoms with E-state index >= 15 is 0 Å². The van der Waals surface area contributed by atoms with Gasteiger partial charge in [0.15, 0.2) is 0 Å². The van der Waals surface area contributed by atoms with Gasteiger partial charge in [-0.2, -0.15) is 8.61 Å². The standard InChI is InChI=1S/C30H46Cl2N2O4S5/c1-9-11-21-33(42(7,35)36)29(3,4)27(23-13-17-25(31)18-14-23)39-41-40-28(24-15-19-26(32)20-16-24)30(5,6)34(22-12-10-2)43(8,37)38/h13-20,27-28H,9-12,21-22H2,1-8H3. The fraction of sp³-hybridized carbons (Fsp3) is 0.600. The first-order valence-electron chi connectivity index (χ1n) is 14.3. The van der Waals surface area contributed by atoms with E-state index in [0.29, 0.717) is 23.1 Å². The zero-order chi connectivity index (χ0) is 32.6. The summed E-state index contributed by atoms with van der Waals surface area (Å²) in [6.45, 7) is 12.8. The van der Waals surface area contributed by atoms with Crippen molar-refractivity contribution in [2.75, 3.05) is 25.6 Å². The zero-order valence-corrected chi connectivity index (χ0v) is 31.9. The van der Waals surface area contributed by atoms with Crippen LogP contribution in [0.4, 0.5) is 0 Å². The highest BCUT2D eigenvalue weighted by Gasteiger charge is 2.44. The monoisotopic (exact) mass is 728 g/mol. The van der Waals surface area contributed by atoms with Crippen molar-refractivity contribution in [3.63, 3.8) is 0 Å². The first-order valence-corrected chi connectivity index (χ1v) is 22.4. The molecule has 0 saturated heterocycles. The van der Waals surface area contributed by atoms with Crippen LogP contribution in [0.2, 0.25) is 10.0 Å². The van der Waals surface area contributed by atoms with Crippen LogP contribution < -0.4 is 0 Å². The van der Waals surface area contributed by atoms with E-state index in [2.05, 4.69) is 0 Å². The van der Waals surface area contributed by atoms with Gasteiger partial charge in [-0.1, -0.05) is 95.7 Å². The third kappa shape index (κ3) is 11.0. The largest absolute Gasteiger partial charge is 0.212 e.